The topological polar surface area (TPSA) is 103 Å². The second-order valence-electron chi connectivity index (χ2n) is 6.13. The van der Waals surface area contributed by atoms with Crippen LogP contribution in [0, 0.1) is 6.92 Å². The second-order valence-corrected chi connectivity index (χ2v) is 7.13. The summed E-state index contributed by atoms with van der Waals surface area (Å²) in [6.45, 7) is 4.98. The van der Waals surface area contributed by atoms with Crippen LogP contribution >= 0.6 is 11.3 Å². The van der Waals surface area contributed by atoms with Crippen molar-refractivity contribution >= 4 is 39.2 Å². The van der Waals surface area contributed by atoms with Crippen LogP contribution in [0.4, 0.5) is 5.82 Å². The van der Waals surface area contributed by atoms with Gasteiger partial charge in [-0.2, -0.15) is 0 Å². The summed E-state index contributed by atoms with van der Waals surface area (Å²) in [5, 5.41) is 2.94. The van der Waals surface area contributed by atoms with Gasteiger partial charge in [0.15, 0.2) is 0 Å². The lowest BCUT2D eigenvalue weighted by Crippen LogP contribution is -2.28. The molecule has 0 unspecified atom stereocenters. The van der Waals surface area contributed by atoms with Crippen molar-refractivity contribution in [2.75, 3.05) is 5.32 Å². The monoisotopic (exact) mass is 386 g/mol. The molecule has 140 valence electrons. The Bertz CT molecular complexity index is 1060. The molecule has 0 aliphatic carbocycles. The van der Waals surface area contributed by atoms with Crippen LogP contribution in [0.25, 0.3) is 10.2 Å². The zero-order chi connectivity index (χ0) is 19.6. The molecule has 0 atom stereocenters. The molecular formula is C18H18N4O4S. The Balaban J connectivity index is 1.88. The van der Waals surface area contributed by atoms with E-state index in [4.69, 9.17) is 4.74 Å². The van der Waals surface area contributed by atoms with Crippen LogP contribution in [-0.2, 0) is 16.1 Å². The smallest absolute Gasteiger partial charge is 0.348 e. The van der Waals surface area contributed by atoms with E-state index >= 15 is 0 Å². The molecule has 3 heterocycles. The zero-order valence-corrected chi connectivity index (χ0v) is 15.9. The maximum Gasteiger partial charge on any atom is 0.348 e. The number of nitrogens with zero attached hydrogens (tertiary/aromatic N) is 3. The van der Waals surface area contributed by atoms with Crippen molar-refractivity contribution in [3.8, 4) is 0 Å². The summed E-state index contributed by atoms with van der Waals surface area (Å²) in [4.78, 5) is 46.2. The number of thiophene rings is 1. The Hall–Kier alpha value is -3.07. The number of amides is 1. The molecule has 3 aromatic heterocycles. The maximum absolute atomic E-state index is 12.8. The van der Waals surface area contributed by atoms with Crippen LogP contribution in [0.2, 0.25) is 0 Å². The number of anilines is 1. The van der Waals surface area contributed by atoms with Gasteiger partial charge in [-0.05, 0) is 38.5 Å². The van der Waals surface area contributed by atoms with Gasteiger partial charge < -0.3 is 10.1 Å². The van der Waals surface area contributed by atoms with Crippen LogP contribution in [0.15, 0.2) is 35.5 Å². The van der Waals surface area contributed by atoms with Gasteiger partial charge in [-0.3, -0.25) is 14.2 Å². The standard InChI is InChI=1S/C18H18N4O4S/c1-10(2)26-18(25)15-11(3)14-16(27-15)20-9-22(17(14)24)8-13(23)21-12-6-4-5-7-19-12/h4-7,9-10H,8H2,1-3H3,(H,19,21,23). The Labute approximate surface area is 158 Å². The summed E-state index contributed by atoms with van der Waals surface area (Å²) in [5.74, 6) is -0.483. The van der Waals surface area contributed by atoms with E-state index in [0.29, 0.717) is 26.5 Å². The van der Waals surface area contributed by atoms with Gasteiger partial charge in [0.05, 0.1) is 17.8 Å². The lowest BCUT2D eigenvalue weighted by Gasteiger charge is -2.07. The highest BCUT2D eigenvalue weighted by atomic mass is 32.1. The minimum Gasteiger partial charge on any atom is -0.459 e. The highest BCUT2D eigenvalue weighted by molar-refractivity contribution is 7.20. The Morgan fingerprint density at radius 2 is 2.07 bits per heavy atom. The third-order valence-electron chi connectivity index (χ3n) is 3.69. The number of hydrogen-bond donors (Lipinski definition) is 1. The van der Waals surface area contributed by atoms with Crippen LogP contribution in [0.5, 0.6) is 0 Å². The molecule has 0 aliphatic rings. The first kappa shape index (κ1) is 18.7. The number of esters is 1. The SMILES string of the molecule is Cc1c(C(=O)OC(C)C)sc2ncn(CC(=O)Nc3ccccn3)c(=O)c12. The molecule has 0 fully saturated rings. The van der Waals surface area contributed by atoms with Crippen molar-refractivity contribution in [1.82, 2.24) is 14.5 Å². The van der Waals surface area contributed by atoms with E-state index in [1.165, 1.54) is 10.9 Å². The molecule has 0 aliphatic heterocycles. The van der Waals surface area contributed by atoms with E-state index < -0.39 is 11.9 Å². The van der Waals surface area contributed by atoms with E-state index in [2.05, 4.69) is 15.3 Å². The van der Waals surface area contributed by atoms with Gasteiger partial charge in [-0.25, -0.2) is 14.8 Å². The first-order chi connectivity index (χ1) is 12.9. The van der Waals surface area contributed by atoms with E-state index in [1.807, 2.05) is 0 Å². The summed E-state index contributed by atoms with van der Waals surface area (Å²) in [6, 6.07) is 5.13. The lowest BCUT2D eigenvalue weighted by atomic mass is 10.2. The molecule has 0 aromatic carbocycles. The van der Waals surface area contributed by atoms with Crippen molar-refractivity contribution in [2.24, 2.45) is 0 Å². The highest BCUT2D eigenvalue weighted by Gasteiger charge is 2.21. The fourth-order valence-corrected chi connectivity index (χ4v) is 3.53. The Morgan fingerprint density at radius 1 is 1.30 bits per heavy atom. The molecule has 0 radical (unpaired) electrons. The molecule has 0 saturated heterocycles. The number of pyridine rings is 1. The van der Waals surface area contributed by atoms with Gasteiger partial charge in [0.25, 0.3) is 5.56 Å². The Morgan fingerprint density at radius 3 is 2.74 bits per heavy atom. The molecule has 9 heteroatoms. The third kappa shape index (κ3) is 4.03. The predicted octanol–water partition coefficient (Wildman–Crippen LogP) is 2.37. The number of aromatic nitrogens is 3. The number of carbonyl (C=O) groups is 2. The summed E-state index contributed by atoms with van der Waals surface area (Å²) in [7, 11) is 0. The van der Waals surface area contributed by atoms with Crippen molar-refractivity contribution in [3.05, 3.63) is 51.5 Å². The second kappa shape index (κ2) is 7.67. The van der Waals surface area contributed by atoms with E-state index in [9.17, 15) is 14.4 Å². The van der Waals surface area contributed by atoms with E-state index in [0.717, 1.165) is 11.3 Å². The van der Waals surface area contributed by atoms with Gasteiger partial charge in [0.2, 0.25) is 5.91 Å². The molecule has 3 rings (SSSR count). The number of rotatable bonds is 5. The molecule has 8 nitrogen and oxygen atoms in total. The van der Waals surface area contributed by atoms with Gasteiger partial charge in [0.1, 0.15) is 22.1 Å². The number of nitrogens with one attached hydrogen (secondary N) is 1. The van der Waals surface area contributed by atoms with Crippen molar-refractivity contribution < 1.29 is 14.3 Å². The van der Waals surface area contributed by atoms with Gasteiger partial charge >= 0.3 is 5.97 Å². The van der Waals surface area contributed by atoms with Crippen LogP contribution in [0.3, 0.4) is 0 Å². The normalized spacial score (nSPS) is 11.0. The average molecular weight is 386 g/mol. The van der Waals surface area contributed by atoms with Crippen LogP contribution < -0.4 is 10.9 Å². The first-order valence-corrected chi connectivity index (χ1v) is 9.09. The largest absolute Gasteiger partial charge is 0.459 e. The minimum atomic E-state index is -0.482. The number of carbonyl (C=O) groups excluding carboxylic acids is 2. The summed E-state index contributed by atoms with van der Waals surface area (Å²) < 4.78 is 6.42. The molecule has 0 spiro atoms. The number of aryl methyl sites for hydroxylation is 1. The van der Waals surface area contributed by atoms with Gasteiger partial charge in [0, 0.05) is 6.20 Å². The number of fused-ring (bicyclic) bond motifs is 1. The first-order valence-electron chi connectivity index (χ1n) is 8.27. The molecule has 3 aromatic rings. The number of hydrogen-bond acceptors (Lipinski definition) is 7. The van der Waals surface area contributed by atoms with Crippen molar-refractivity contribution in [3.63, 3.8) is 0 Å². The van der Waals surface area contributed by atoms with Crippen LogP contribution in [-0.4, -0.2) is 32.5 Å². The maximum atomic E-state index is 12.8. The third-order valence-corrected chi connectivity index (χ3v) is 4.87. The summed E-state index contributed by atoms with van der Waals surface area (Å²) >= 11 is 1.11. The molecule has 0 saturated carbocycles. The van der Waals surface area contributed by atoms with Gasteiger partial charge in [-0.1, -0.05) is 6.07 Å². The predicted molar refractivity (Wildman–Crippen MR) is 102 cm³/mol. The number of ether oxygens (including phenoxy) is 1. The molecule has 0 bridgehead atoms. The summed E-state index contributed by atoms with van der Waals surface area (Å²) in [5.41, 5.74) is 0.131. The van der Waals surface area contributed by atoms with Crippen molar-refractivity contribution in [2.45, 2.75) is 33.4 Å². The molecule has 27 heavy (non-hydrogen) atoms. The fourth-order valence-electron chi connectivity index (χ4n) is 2.51. The average Bonchev–Trinajstić information content (AvgIpc) is 2.95. The molecule has 1 N–H and O–H groups in total. The van der Waals surface area contributed by atoms with Crippen molar-refractivity contribution in [1.29, 1.82) is 0 Å². The minimum absolute atomic E-state index is 0.209. The zero-order valence-electron chi connectivity index (χ0n) is 15.1. The van der Waals surface area contributed by atoms with E-state index in [1.54, 1.807) is 45.2 Å². The quantitative estimate of drug-likeness (QED) is 0.675. The van der Waals surface area contributed by atoms with Gasteiger partial charge in [-0.15, -0.1) is 11.3 Å². The summed E-state index contributed by atoms with van der Waals surface area (Å²) in [6.07, 6.45) is 2.60. The fraction of sp³-hybridized carbons (Fsp3) is 0.278. The highest BCUT2D eigenvalue weighted by Crippen LogP contribution is 2.27. The molecular weight excluding hydrogens is 368 g/mol. The lowest BCUT2D eigenvalue weighted by molar-refractivity contribution is -0.116. The molecule has 1 amide bonds. The Kier molecular flexibility index (Phi) is 5.31. The van der Waals surface area contributed by atoms with E-state index in [-0.39, 0.29) is 18.2 Å². The van der Waals surface area contributed by atoms with Crippen LogP contribution in [0.1, 0.15) is 29.1 Å².